The summed E-state index contributed by atoms with van der Waals surface area (Å²) in [6, 6.07) is 4.88. The molecule has 0 amide bonds. The van der Waals surface area contributed by atoms with Crippen LogP contribution in [0.3, 0.4) is 0 Å². The van der Waals surface area contributed by atoms with Crippen molar-refractivity contribution in [3.8, 4) is 22.7 Å². The lowest BCUT2D eigenvalue weighted by atomic mass is 10.2. The minimum absolute atomic E-state index is 0.130. The number of benzene rings is 1. The van der Waals surface area contributed by atoms with E-state index in [0.29, 0.717) is 21.5 Å². The summed E-state index contributed by atoms with van der Waals surface area (Å²) in [5.41, 5.74) is 1.37. The molecule has 0 atom stereocenters. The van der Waals surface area contributed by atoms with Gasteiger partial charge in [-0.3, -0.25) is 4.98 Å². The zero-order chi connectivity index (χ0) is 15.7. The van der Waals surface area contributed by atoms with E-state index < -0.39 is 5.82 Å². The van der Waals surface area contributed by atoms with Crippen LogP contribution in [0.5, 0.6) is 5.75 Å². The van der Waals surface area contributed by atoms with Gasteiger partial charge in [-0.05, 0) is 34.1 Å². The molecule has 0 aliphatic carbocycles. The highest BCUT2D eigenvalue weighted by Gasteiger charge is 2.15. The van der Waals surface area contributed by atoms with Gasteiger partial charge in [0, 0.05) is 11.8 Å². The van der Waals surface area contributed by atoms with Crippen LogP contribution in [0.1, 0.15) is 0 Å². The monoisotopic (exact) mass is 382 g/mol. The Morgan fingerprint density at radius 2 is 2.14 bits per heavy atom. The van der Waals surface area contributed by atoms with Crippen molar-refractivity contribution in [1.82, 2.24) is 20.0 Å². The predicted molar refractivity (Wildman–Crippen MR) is 83.8 cm³/mol. The van der Waals surface area contributed by atoms with Crippen molar-refractivity contribution in [2.24, 2.45) is 0 Å². The zero-order valence-corrected chi connectivity index (χ0v) is 13.6. The van der Waals surface area contributed by atoms with Gasteiger partial charge in [0.05, 0.1) is 29.0 Å². The van der Waals surface area contributed by atoms with Crippen molar-refractivity contribution in [1.29, 1.82) is 0 Å². The highest BCUT2D eigenvalue weighted by Crippen LogP contribution is 2.29. The van der Waals surface area contributed by atoms with Crippen molar-refractivity contribution in [2.45, 2.75) is 0 Å². The maximum Gasteiger partial charge on any atom is 0.164 e. The molecule has 1 aromatic carbocycles. The van der Waals surface area contributed by atoms with Gasteiger partial charge >= 0.3 is 0 Å². The van der Waals surface area contributed by atoms with E-state index in [1.807, 2.05) is 0 Å². The van der Waals surface area contributed by atoms with Crippen LogP contribution in [0, 0.1) is 5.82 Å². The number of methoxy groups -OCH3 is 1. The Balaban J connectivity index is 2.06. The minimum Gasteiger partial charge on any atom is -0.495 e. The molecule has 0 unspecified atom stereocenters. The minimum atomic E-state index is -0.507. The number of aromatic nitrogens is 4. The van der Waals surface area contributed by atoms with Crippen LogP contribution in [0.25, 0.3) is 16.9 Å². The summed E-state index contributed by atoms with van der Waals surface area (Å²) in [5, 5.41) is 8.20. The summed E-state index contributed by atoms with van der Waals surface area (Å²) in [4.78, 5) is 4.05. The molecule has 3 rings (SSSR count). The molecular formula is C14H9BrClFN4O. The first kappa shape index (κ1) is 14.9. The average molecular weight is 384 g/mol. The predicted octanol–water partition coefficient (Wildman–Crippen LogP) is 3.89. The second-order valence-electron chi connectivity index (χ2n) is 4.35. The van der Waals surface area contributed by atoms with Crippen molar-refractivity contribution < 1.29 is 9.13 Å². The maximum absolute atomic E-state index is 14.2. The summed E-state index contributed by atoms with van der Waals surface area (Å²) in [5.74, 6) is 0.0893. The second kappa shape index (κ2) is 6.02. The van der Waals surface area contributed by atoms with Crippen LogP contribution in [0.2, 0.25) is 5.02 Å². The first-order valence-electron chi connectivity index (χ1n) is 6.16. The van der Waals surface area contributed by atoms with Crippen LogP contribution in [-0.2, 0) is 0 Å². The Hall–Kier alpha value is -1.99. The Labute approximate surface area is 138 Å². The number of pyridine rings is 1. The van der Waals surface area contributed by atoms with Crippen molar-refractivity contribution in [2.75, 3.05) is 7.11 Å². The van der Waals surface area contributed by atoms with E-state index in [2.05, 4.69) is 31.2 Å². The molecule has 0 saturated carbocycles. The van der Waals surface area contributed by atoms with Gasteiger partial charge in [-0.25, -0.2) is 9.07 Å². The molecule has 0 aliphatic rings. The van der Waals surface area contributed by atoms with Gasteiger partial charge < -0.3 is 4.74 Å². The summed E-state index contributed by atoms with van der Waals surface area (Å²) >= 11 is 9.18. The second-order valence-corrected chi connectivity index (χ2v) is 5.62. The molecule has 0 radical (unpaired) electrons. The first-order chi connectivity index (χ1) is 10.6. The SMILES string of the molecule is COc1cncc(-c2cn(-c3c(Cl)ccc(Br)c3F)nn2)c1. The van der Waals surface area contributed by atoms with Gasteiger partial charge in [0.25, 0.3) is 0 Å². The number of ether oxygens (including phenoxy) is 1. The molecule has 0 bridgehead atoms. The van der Waals surface area contributed by atoms with Gasteiger partial charge in [0.15, 0.2) is 5.82 Å². The van der Waals surface area contributed by atoms with Crippen LogP contribution in [0.15, 0.2) is 41.3 Å². The average Bonchev–Trinajstić information content (AvgIpc) is 3.01. The molecule has 0 N–H and O–H groups in total. The highest BCUT2D eigenvalue weighted by molar-refractivity contribution is 9.10. The van der Waals surface area contributed by atoms with Crippen molar-refractivity contribution in [3.63, 3.8) is 0 Å². The summed E-state index contributed by atoms with van der Waals surface area (Å²) in [6.45, 7) is 0. The molecule has 0 saturated heterocycles. The van der Waals surface area contributed by atoms with E-state index in [4.69, 9.17) is 16.3 Å². The van der Waals surface area contributed by atoms with Gasteiger partial charge in [-0.2, -0.15) is 0 Å². The molecular weight excluding hydrogens is 375 g/mol. The van der Waals surface area contributed by atoms with Crippen LogP contribution >= 0.6 is 27.5 Å². The highest BCUT2D eigenvalue weighted by atomic mass is 79.9. The smallest absolute Gasteiger partial charge is 0.164 e. The largest absolute Gasteiger partial charge is 0.495 e. The zero-order valence-electron chi connectivity index (χ0n) is 11.3. The molecule has 0 fully saturated rings. The van der Waals surface area contributed by atoms with Gasteiger partial charge in [0.1, 0.15) is 17.1 Å². The van der Waals surface area contributed by atoms with E-state index in [-0.39, 0.29) is 10.7 Å². The number of hydrogen-bond acceptors (Lipinski definition) is 4. The summed E-state index contributed by atoms with van der Waals surface area (Å²) in [6.07, 6.45) is 4.78. The molecule has 5 nitrogen and oxygen atoms in total. The van der Waals surface area contributed by atoms with E-state index in [9.17, 15) is 4.39 Å². The third kappa shape index (κ3) is 2.69. The van der Waals surface area contributed by atoms with E-state index in [1.54, 1.807) is 37.8 Å². The Morgan fingerprint density at radius 1 is 1.32 bits per heavy atom. The first-order valence-corrected chi connectivity index (χ1v) is 7.33. The van der Waals surface area contributed by atoms with Crippen molar-refractivity contribution in [3.05, 3.63) is 52.1 Å². The fourth-order valence-corrected chi connectivity index (χ4v) is 2.45. The normalized spacial score (nSPS) is 10.7. The van der Waals surface area contributed by atoms with Crippen LogP contribution in [-0.4, -0.2) is 27.1 Å². The maximum atomic E-state index is 14.2. The third-order valence-corrected chi connectivity index (χ3v) is 3.90. The fourth-order valence-electron chi connectivity index (χ4n) is 1.90. The molecule has 2 aromatic heterocycles. The Kier molecular flexibility index (Phi) is 4.08. The van der Waals surface area contributed by atoms with Gasteiger partial charge in [0.2, 0.25) is 0 Å². The van der Waals surface area contributed by atoms with Crippen LogP contribution < -0.4 is 4.74 Å². The van der Waals surface area contributed by atoms with E-state index in [0.717, 1.165) is 0 Å². The van der Waals surface area contributed by atoms with Crippen LogP contribution in [0.4, 0.5) is 4.39 Å². The fraction of sp³-hybridized carbons (Fsp3) is 0.0714. The molecule has 22 heavy (non-hydrogen) atoms. The molecule has 3 aromatic rings. The number of halogens is 3. The quantitative estimate of drug-likeness (QED) is 0.644. The molecule has 2 heterocycles. The summed E-state index contributed by atoms with van der Waals surface area (Å²) in [7, 11) is 1.55. The van der Waals surface area contributed by atoms with Gasteiger partial charge in [-0.1, -0.05) is 16.8 Å². The Bertz CT molecular complexity index is 839. The number of rotatable bonds is 3. The lowest BCUT2D eigenvalue weighted by molar-refractivity contribution is 0.413. The molecule has 112 valence electrons. The third-order valence-electron chi connectivity index (χ3n) is 2.99. The number of nitrogens with zero attached hydrogens (tertiary/aromatic N) is 4. The molecule has 0 aliphatic heterocycles. The molecule has 0 spiro atoms. The Morgan fingerprint density at radius 3 is 2.91 bits per heavy atom. The van der Waals surface area contributed by atoms with Gasteiger partial charge in [-0.15, -0.1) is 5.10 Å². The topological polar surface area (TPSA) is 52.8 Å². The lowest BCUT2D eigenvalue weighted by Gasteiger charge is -2.06. The molecule has 8 heteroatoms. The standard InChI is InChI=1S/C14H9BrClFN4O/c1-22-9-4-8(5-18-6-9)12-7-21(20-19-12)14-11(16)3-2-10(15)13(14)17/h2-7H,1H3. The van der Waals surface area contributed by atoms with E-state index >= 15 is 0 Å². The van der Waals surface area contributed by atoms with E-state index in [1.165, 1.54) is 10.7 Å². The summed E-state index contributed by atoms with van der Waals surface area (Å²) < 4.78 is 20.9. The van der Waals surface area contributed by atoms with Crippen molar-refractivity contribution >= 4 is 27.5 Å². The number of hydrogen-bond donors (Lipinski definition) is 0. The lowest BCUT2D eigenvalue weighted by Crippen LogP contribution is -2.00.